The van der Waals surface area contributed by atoms with Crippen LogP contribution >= 0.6 is 0 Å². The summed E-state index contributed by atoms with van der Waals surface area (Å²) in [5.74, 6) is 0. The van der Waals surface area contributed by atoms with E-state index in [1.54, 1.807) is 4.26 Å². The molecule has 3 aromatic rings. The molecule has 2 heterocycles. The van der Waals surface area contributed by atoms with Crippen LogP contribution in [0.5, 0.6) is 0 Å². The van der Waals surface area contributed by atoms with Crippen LogP contribution in [0.4, 0.5) is 0 Å². The predicted octanol–water partition coefficient (Wildman–Crippen LogP) is 3.17. The summed E-state index contributed by atoms with van der Waals surface area (Å²) in [5.41, 5.74) is 1.68. The summed E-state index contributed by atoms with van der Waals surface area (Å²) in [6.45, 7) is 6.92. The third kappa shape index (κ3) is 1.72. The van der Waals surface area contributed by atoms with E-state index in [4.69, 9.17) is 0 Å². The molecule has 0 spiro atoms. The van der Waals surface area contributed by atoms with Gasteiger partial charge in [0, 0.05) is 0 Å². The van der Waals surface area contributed by atoms with Gasteiger partial charge >= 0.3 is 114 Å². The molecule has 2 aromatic heterocycles. The van der Waals surface area contributed by atoms with Crippen LogP contribution in [0.1, 0.15) is 26.5 Å². The van der Waals surface area contributed by atoms with Gasteiger partial charge in [-0.15, -0.1) is 0 Å². The van der Waals surface area contributed by atoms with Crippen molar-refractivity contribution in [2.24, 2.45) is 7.05 Å². The molecule has 3 rings (SSSR count). The van der Waals surface area contributed by atoms with E-state index in [-0.39, 0.29) is 5.41 Å². The molecule has 0 aliphatic carbocycles. The van der Waals surface area contributed by atoms with Crippen LogP contribution in [0.25, 0.3) is 19.3 Å². The van der Waals surface area contributed by atoms with Gasteiger partial charge in [0.15, 0.2) is 0 Å². The van der Waals surface area contributed by atoms with E-state index in [0.717, 1.165) is 0 Å². The number of hydrogen-bond donors (Lipinski definition) is 0. The normalized spacial score (nSPS) is 12.4. The minimum absolute atomic E-state index is 0.198. The van der Waals surface area contributed by atoms with Crippen LogP contribution in [0.2, 0.25) is 0 Å². The summed E-state index contributed by atoms with van der Waals surface area (Å²) < 4.78 is 5.39. The first-order chi connectivity index (χ1) is 8.48. The molecule has 92 valence electrons. The van der Waals surface area contributed by atoms with Gasteiger partial charge in [-0.1, -0.05) is 0 Å². The van der Waals surface area contributed by atoms with Crippen molar-refractivity contribution in [2.45, 2.75) is 26.2 Å². The van der Waals surface area contributed by atoms with Crippen molar-refractivity contribution in [1.82, 2.24) is 0 Å². The fourth-order valence-electron chi connectivity index (χ4n) is 2.70. The van der Waals surface area contributed by atoms with E-state index in [1.165, 1.54) is 20.7 Å². The minimum atomic E-state index is 0.198. The zero-order valence-corrected chi connectivity index (χ0v) is 13.0. The van der Waals surface area contributed by atoms with Gasteiger partial charge in [-0.3, -0.25) is 0 Å². The molecule has 0 aliphatic heterocycles. The second-order valence-electron chi connectivity index (χ2n) is 5.87. The van der Waals surface area contributed by atoms with E-state index < -0.39 is 0 Å². The Bertz CT molecular complexity index is 732. The van der Waals surface area contributed by atoms with Crippen LogP contribution in [0.3, 0.4) is 0 Å². The first-order valence-electron chi connectivity index (χ1n) is 6.29. The van der Waals surface area contributed by atoms with Crippen LogP contribution in [0.15, 0.2) is 36.5 Å². The molecule has 1 nitrogen and oxygen atoms in total. The molecule has 18 heavy (non-hydrogen) atoms. The molecule has 2 heteroatoms. The van der Waals surface area contributed by atoms with Crippen LogP contribution in [-0.2, 0) is 12.5 Å². The van der Waals surface area contributed by atoms with Crippen LogP contribution in [-0.4, -0.2) is 14.5 Å². The quantitative estimate of drug-likeness (QED) is 0.444. The van der Waals surface area contributed by atoms with Gasteiger partial charge in [0.2, 0.25) is 0 Å². The fourth-order valence-corrected chi connectivity index (χ4v) is 5.82. The Balaban J connectivity index is 2.52. The SMILES string of the molecule is C[n+]1ccc2c([se]c3ccccc32)c1C(C)(C)C. The monoisotopic (exact) mass is 304 g/mol. The first kappa shape index (κ1) is 12.0. The number of aromatic nitrogens is 1. The third-order valence-electron chi connectivity index (χ3n) is 3.38. The van der Waals surface area contributed by atoms with Crippen molar-refractivity contribution < 1.29 is 4.57 Å². The molecule has 0 atom stereocenters. The van der Waals surface area contributed by atoms with Crippen LogP contribution < -0.4 is 4.57 Å². The van der Waals surface area contributed by atoms with Crippen molar-refractivity contribution in [2.75, 3.05) is 0 Å². The summed E-state index contributed by atoms with van der Waals surface area (Å²) >= 11 is 0.452. The molecular formula is C16H18NSe+. The first-order valence-corrected chi connectivity index (χ1v) is 8.00. The van der Waals surface area contributed by atoms with Crippen LogP contribution in [0, 0.1) is 0 Å². The van der Waals surface area contributed by atoms with Gasteiger partial charge in [0.25, 0.3) is 0 Å². The summed E-state index contributed by atoms with van der Waals surface area (Å²) in [6.07, 6.45) is 2.21. The summed E-state index contributed by atoms with van der Waals surface area (Å²) in [4.78, 5) is 0. The average molecular weight is 303 g/mol. The Morgan fingerprint density at radius 3 is 2.44 bits per heavy atom. The number of pyridine rings is 1. The van der Waals surface area contributed by atoms with Gasteiger partial charge in [-0.25, -0.2) is 0 Å². The number of hydrogen-bond acceptors (Lipinski definition) is 0. The topological polar surface area (TPSA) is 3.88 Å². The maximum absolute atomic E-state index is 2.31. The average Bonchev–Trinajstić information content (AvgIpc) is 2.64. The van der Waals surface area contributed by atoms with E-state index >= 15 is 0 Å². The van der Waals surface area contributed by atoms with E-state index in [9.17, 15) is 0 Å². The third-order valence-corrected chi connectivity index (χ3v) is 5.88. The number of aryl methyl sites for hydroxylation is 1. The Hall–Kier alpha value is -1.11. The number of nitrogens with zero attached hydrogens (tertiary/aromatic N) is 1. The summed E-state index contributed by atoms with van der Waals surface area (Å²) in [6, 6.07) is 11.1. The maximum atomic E-state index is 2.31. The Morgan fingerprint density at radius 2 is 1.72 bits per heavy atom. The van der Waals surface area contributed by atoms with Gasteiger partial charge < -0.3 is 0 Å². The van der Waals surface area contributed by atoms with Gasteiger partial charge in [0.1, 0.15) is 0 Å². The van der Waals surface area contributed by atoms with E-state index in [2.05, 4.69) is 68.9 Å². The molecule has 0 saturated carbocycles. The Morgan fingerprint density at radius 1 is 1.00 bits per heavy atom. The number of benzene rings is 1. The van der Waals surface area contributed by atoms with Gasteiger partial charge in [0.05, 0.1) is 0 Å². The molecule has 0 bridgehead atoms. The molecule has 1 aromatic carbocycles. The second-order valence-corrected chi connectivity index (χ2v) is 8.07. The molecule has 0 fully saturated rings. The standard InChI is InChI=1S/C16H18NSe/c1-16(2,3)15-14-12(9-10-17(15)4)11-7-5-6-8-13(11)18-14/h5-10H,1-4H3/q+1. The van der Waals surface area contributed by atoms with Crippen molar-refractivity contribution in [3.8, 4) is 0 Å². The molecule has 0 amide bonds. The Kier molecular flexibility index (Phi) is 2.62. The number of fused-ring (bicyclic) bond motifs is 3. The molecule has 0 unspecified atom stereocenters. The Labute approximate surface area is 114 Å². The van der Waals surface area contributed by atoms with Gasteiger partial charge in [-0.05, 0) is 0 Å². The van der Waals surface area contributed by atoms with Crippen molar-refractivity contribution >= 4 is 33.8 Å². The molecular weight excluding hydrogens is 285 g/mol. The van der Waals surface area contributed by atoms with E-state index in [0.29, 0.717) is 14.5 Å². The predicted molar refractivity (Wildman–Crippen MR) is 78.3 cm³/mol. The zero-order valence-electron chi connectivity index (χ0n) is 11.3. The molecule has 0 aliphatic rings. The summed E-state index contributed by atoms with van der Waals surface area (Å²) in [5, 5.41) is 2.90. The fraction of sp³-hybridized carbons (Fsp3) is 0.312. The number of rotatable bonds is 0. The van der Waals surface area contributed by atoms with E-state index in [1.807, 2.05) is 0 Å². The summed E-state index contributed by atoms with van der Waals surface area (Å²) in [7, 11) is 2.17. The second kappa shape index (κ2) is 3.94. The van der Waals surface area contributed by atoms with Crippen molar-refractivity contribution in [3.63, 3.8) is 0 Å². The molecule has 0 saturated heterocycles. The van der Waals surface area contributed by atoms with Gasteiger partial charge in [-0.2, -0.15) is 0 Å². The molecule has 0 radical (unpaired) electrons. The van der Waals surface area contributed by atoms with Crippen molar-refractivity contribution in [1.29, 1.82) is 0 Å². The van der Waals surface area contributed by atoms with Crippen molar-refractivity contribution in [3.05, 3.63) is 42.2 Å². The molecule has 0 N–H and O–H groups in total. The zero-order chi connectivity index (χ0) is 12.9.